The van der Waals surface area contributed by atoms with E-state index in [-0.39, 0.29) is 37.5 Å². The fourth-order valence-corrected chi connectivity index (χ4v) is 4.99. The number of nitrogens with one attached hydrogen (secondary N) is 2. The molecule has 3 unspecified atom stereocenters. The largest absolute Gasteiger partial charge is 0.493 e. The Morgan fingerprint density at radius 1 is 1.06 bits per heavy atom. The molecule has 4 N–H and O–H groups in total. The lowest BCUT2D eigenvalue weighted by molar-refractivity contribution is -0.149. The zero-order valence-corrected chi connectivity index (χ0v) is 27.5. The van der Waals surface area contributed by atoms with Gasteiger partial charge in [-0.15, -0.1) is 6.58 Å². The number of carboxylic acid groups (broad SMARTS) is 1. The number of aliphatic hydroxyl groups is 1. The van der Waals surface area contributed by atoms with Crippen molar-refractivity contribution in [3.63, 3.8) is 0 Å². The van der Waals surface area contributed by atoms with Crippen LogP contribution in [0.5, 0.6) is 11.5 Å². The van der Waals surface area contributed by atoms with Crippen LogP contribution in [0.15, 0.2) is 67.8 Å². The first-order valence-electron chi connectivity index (χ1n) is 15.5. The molecule has 0 spiro atoms. The topological polar surface area (TPSA) is 193 Å². The Labute approximate surface area is 284 Å². The number of urea groups is 2. The van der Waals surface area contributed by atoms with E-state index in [1.165, 1.54) is 55.5 Å². The molecule has 264 valence electrons. The van der Waals surface area contributed by atoms with Crippen LogP contribution >= 0.6 is 0 Å². The van der Waals surface area contributed by atoms with Gasteiger partial charge in [0.25, 0.3) is 0 Å². The van der Waals surface area contributed by atoms with E-state index in [9.17, 15) is 29.1 Å². The van der Waals surface area contributed by atoms with E-state index in [1.54, 1.807) is 18.2 Å². The molecular formula is C34H42N4O11. The summed E-state index contributed by atoms with van der Waals surface area (Å²) in [7, 11) is 2.88. The van der Waals surface area contributed by atoms with Crippen molar-refractivity contribution in [3.05, 3.63) is 73.3 Å². The molecule has 1 saturated heterocycles. The normalized spacial score (nSPS) is 14.8. The van der Waals surface area contributed by atoms with Crippen molar-refractivity contribution in [1.82, 2.24) is 10.2 Å². The van der Waals surface area contributed by atoms with Gasteiger partial charge in [0.2, 0.25) is 0 Å². The average Bonchev–Trinajstić information content (AvgIpc) is 3.58. The molecule has 2 aromatic rings. The molecule has 3 rings (SSSR count). The summed E-state index contributed by atoms with van der Waals surface area (Å²) in [5, 5.41) is 23.9. The number of ether oxygens (including phenoxy) is 4. The van der Waals surface area contributed by atoms with Crippen molar-refractivity contribution in [2.75, 3.05) is 37.6 Å². The number of carbonyl (C=O) groups is 5. The number of hydrogen-bond acceptors (Lipinski definition) is 10. The predicted octanol–water partition coefficient (Wildman–Crippen LogP) is 4.45. The second kappa shape index (κ2) is 18.7. The Kier molecular flexibility index (Phi) is 14.4. The molecule has 1 aliphatic rings. The minimum absolute atomic E-state index is 0.174. The smallest absolute Gasteiger partial charge is 0.423 e. The van der Waals surface area contributed by atoms with Crippen molar-refractivity contribution in [2.45, 2.75) is 56.9 Å². The summed E-state index contributed by atoms with van der Waals surface area (Å²) in [5.74, 6) is -1.29. The summed E-state index contributed by atoms with van der Waals surface area (Å²) < 4.78 is 21.5. The van der Waals surface area contributed by atoms with Crippen LogP contribution in [-0.4, -0.2) is 90.8 Å². The lowest BCUT2D eigenvalue weighted by Gasteiger charge is -2.29. The van der Waals surface area contributed by atoms with Gasteiger partial charge in [0.05, 0.1) is 32.6 Å². The Morgan fingerprint density at radius 2 is 1.78 bits per heavy atom. The quantitative estimate of drug-likeness (QED) is 0.144. The van der Waals surface area contributed by atoms with Crippen molar-refractivity contribution >= 4 is 41.5 Å². The first-order chi connectivity index (χ1) is 23.5. The number of rotatable bonds is 16. The van der Waals surface area contributed by atoms with Gasteiger partial charge in [-0.1, -0.05) is 30.9 Å². The molecule has 0 saturated carbocycles. The first kappa shape index (κ1) is 37.9. The molecule has 0 bridgehead atoms. The van der Waals surface area contributed by atoms with Crippen LogP contribution in [0, 0.1) is 0 Å². The number of aliphatic hydroxyl groups excluding tert-OH is 1. The molecule has 15 heteroatoms. The number of likely N-dealkylation sites (tertiary alicyclic amines) is 1. The molecule has 1 heterocycles. The van der Waals surface area contributed by atoms with E-state index in [4.69, 9.17) is 24.1 Å². The molecule has 1 aliphatic heterocycles. The third-order valence-corrected chi connectivity index (χ3v) is 7.57. The van der Waals surface area contributed by atoms with Gasteiger partial charge in [0.1, 0.15) is 18.8 Å². The third kappa shape index (κ3) is 10.7. The molecule has 2 aromatic carbocycles. The van der Waals surface area contributed by atoms with Crippen LogP contribution in [0.25, 0.3) is 0 Å². The summed E-state index contributed by atoms with van der Waals surface area (Å²) in [6.07, 6.45) is 2.25. The maximum Gasteiger partial charge on any atom is 0.423 e. The maximum absolute atomic E-state index is 13.6. The van der Waals surface area contributed by atoms with E-state index >= 15 is 0 Å². The number of anilines is 2. The number of esters is 1. The highest BCUT2D eigenvalue weighted by atomic mass is 16.6. The Morgan fingerprint density at radius 3 is 2.39 bits per heavy atom. The van der Waals surface area contributed by atoms with Crippen LogP contribution in [0.3, 0.4) is 0 Å². The molecule has 5 amide bonds. The van der Waals surface area contributed by atoms with Crippen molar-refractivity contribution in [1.29, 1.82) is 0 Å². The molecule has 0 aliphatic carbocycles. The Hall–Kier alpha value is -5.57. The van der Waals surface area contributed by atoms with Crippen molar-refractivity contribution < 1.29 is 53.1 Å². The lowest BCUT2D eigenvalue weighted by atomic mass is 10.1. The first-order valence-corrected chi connectivity index (χ1v) is 15.5. The van der Waals surface area contributed by atoms with Gasteiger partial charge >= 0.3 is 30.1 Å². The van der Waals surface area contributed by atoms with Gasteiger partial charge in [-0.2, -0.15) is 4.90 Å². The second-order valence-electron chi connectivity index (χ2n) is 10.9. The summed E-state index contributed by atoms with van der Waals surface area (Å²) in [4.78, 5) is 65.8. The fourth-order valence-electron chi connectivity index (χ4n) is 4.99. The van der Waals surface area contributed by atoms with E-state index in [2.05, 4.69) is 23.8 Å². The van der Waals surface area contributed by atoms with Gasteiger partial charge in [-0.25, -0.2) is 19.2 Å². The molecular weight excluding hydrogens is 640 g/mol. The molecule has 0 aromatic heterocycles. The van der Waals surface area contributed by atoms with Crippen LogP contribution in [0.1, 0.15) is 37.7 Å². The number of methoxy groups -OCH3 is 2. The van der Waals surface area contributed by atoms with Crippen molar-refractivity contribution in [2.24, 2.45) is 0 Å². The fraction of sp³-hybridized carbons (Fsp3) is 0.382. The van der Waals surface area contributed by atoms with Crippen LogP contribution < -0.4 is 25.0 Å². The highest BCUT2D eigenvalue weighted by Crippen LogP contribution is 2.33. The number of nitrogens with zero attached hydrogens (tertiary/aromatic N) is 2. The number of amides is 5. The lowest BCUT2D eigenvalue weighted by Crippen LogP contribution is -2.49. The van der Waals surface area contributed by atoms with Gasteiger partial charge in [-0.3, -0.25) is 4.79 Å². The minimum atomic E-state index is -1.24. The summed E-state index contributed by atoms with van der Waals surface area (Å²) in [6, 6.07) is 7.61. The number of aliphatic carboxylic acids is 1. The number of imide groups is 1. The van der Waals surface area contributed by atoms with E-state index in [0.717, 1.165) is 4.90 Å². The summed E-state index contributed by atoms with van der Waals surface area (Å²) in [6.45, 7) is 7.05. The Balaban J connectivity index is 1.68. The van der Waals surface area contributed by atoms with Crippen LogP contribution in [0.4, 0.5) is 25.8 Å². The summed E-state index contributed by atoms with van der Waals surface area (Å²) in [5.41, 5.74) is 1.02. The minimum Gasteiger partial charge on any atom is -0.493 e. The number of hydrogen-bond donors (Lipinski definition) is 4. The highest BCUT2D eigenvalue weighted by molar-refractivity contribution is 6.11. The standard InChI is InChI=1S/C34H42N4O11/c1-5-8-26(6-2)49-31(42)27(15-17-30(40)41)36-32(43)35-23-12-10-22(11-13-23)21-48-34(45)38(33(44)37-18-7-9-25(37)20-39)24-14-16-28(46-3)29(19-24)47-4/h5-6,10-14,16,19,25-27,39H,1-2,7-9,15,17-18,20-21H2,3-4H3,(H,40,41)(H2,35,36,43). The highest BCUT2D eigenvalue weighted by Gasteiger charge is 2.36. The zero-order valence-electron chi connectivity index (χ0n) is 27.5. The van der Waals surface area contributed by atoms with Crippen LogP contribution in [0.2, 0.25) is 0 Å². The zero-order chi connectivity index (χ0) is 35.9. The van der Waals surface area contributed by atoms with E-state index in [1.807, 2.05) is 0 Å². The monoisotopic (exact) mass is 682 g/mol. The molecule has 3 atom stereocenters. The SMILES string of the molecule is C=CCC(C=C)OC(=O)C(CCC(=O)O)NC(=O)Nc1ccc(COC(=O)N(C(=O)N2CCCC2CO)c2ccc(OC)c(OC)c2)cc1. The summed E-state index contributed by atoms with van der Waals surface area (Å²) >= 11 is 0. The predicted molar refractivity (Wildman–Crippen MR) is 179 cm³/mol. The average molecular weight is 683 g/mol. The van der Waals surface area contributed by atoms with Gasteiger partial charge in [0, 0.05) is 31.1 Å². The van der Waals surface area contributed by atoms with Gasteiger partial charge in [-0.05, 0) is 49.1 Å². The number of carbonyl (C=O) groups excluding carboxylic acids is 4. The van der Waals surface area contributed by atoms with Gasteiger partial charge < -0.3 is 44.7 Å². The maximum atomic E-state index is 13.6. The molecule has 1 fully saturated rings. The molecule has 49 heavy (non-hydrogen) atoms. The number of carboxylic acids is 1. The van der Waals surface area contributed by atoms with Crippen molar-refractivity contribution in [3.8, 4) is 11.5 Å². The molecule has 15 nitrogen and oxygen atoms in total. The molecule has 0 radical (unpaired) electrons. The van der Waals surface area contributed by atoms with Crippen LogP contribution in [-0.2, 0) is 25.7 Å². The number of benzene rings is 2. The Bertz CT molecular complexity index is 1500. The van der Waals surface area contributed by atoms with E-state index < -0.39 is 48.3 Å². The third-order valence-electron chi connectivity index (χ3n) is 7.57. The van der Waals surface area contributed by atoms with Gasteiger partial charge in [0.15, 0.2) is 11.5 Å². The van der Waals surface area contributed by atoms with E-state index in [0.29, 0.717) is 42.8 Å². The second-order valence-corrected chi connectivity index (χ2v) is 10.9.